The maximum Gasteiger partial charge on any atom is 0.354 e. The molecule has 0 saturated carbocycles. The van der Waals surface area contributed by atoms with Gasteiger partial charge < -0.3 is 14.9 Å². The summed E-state index contributed by atoms with van der Waals surface area (Å²) in [5.41, 5.74) is -2.68. The molecular weight excluding hydrogens is 200 g/mol. The lowest BCUT2D eigenvalue weighted by molar-refractivity contribution is -0.179. The summed E-state index contributed by atoms with van der Waals surface area (Å²) < 4.78 is 4.26. The van der Waals surface area contributed by atoms with Crippen molar-refractivity contribution in [1.82, 2.24) is 0 Å². The first kappa shape index (κ1) is 11.2. The number of carbonyl (C=O) groups excluding carboxylic acids is 1. The number of carboxylic acid groups (broad SMARTS) is 1. The minimum absolute atomic E-state index is 0.0376. The van der Waals surface area contributed by atoms with Gasteiger partial charge in [-0.3, -0.25) is 0 Å². The molecule has 0 aliphatic heterocycles. The summed E-state index contributed by atoms with van der Waals surface area (Å²) >= 11 is 0. The standard InChI is InChI=1S/C10H10O5/c1-15-9(13)10(14,8(11)12)7-5-3-2-4-6-7/h2-6,14H,1H3,(H,11,12). The fourth-order valence-corrected chi connectivity index (χ4v) is 1.16. The Morgan fingerprint density at radius 1 is 1.27 bits per heavy atom. The lowest BCUT2D eigenvalue weighted by atomic mass is 9.94. The van der Waals surface area contributed by atoms with Crippen LogP contribution in [-0.4, -0.2) is 29.3 Å². The molecule has 0 radical (unpaired) electrons. The van der Waals surface area contributed by atoms with E-state index < -0.39 is 17.5 Å². The van der Waals surface area contributed by atoms with Crippen molar-refractivity contribution >= 4 is 11.9 Å². The first-order valence-electron chi connectivity index (χ1n) is 4.13. The second kappa shape index (κ2) is 4.10. The number of carbonyl (C=O) groups is 2. The fourth-order valence-electron chi connectivity index (χ4n) is 1.16. The average molecular weight is 210 g/mol. The zero-order valence-electron chi connectivity index (χ0n) is 8.01. The molecule has 0 aromatic heterocycles. The van der Waals surface area contributed by atoms with E-state index in [0.717, 1.165) is 7.11 Å². The van der Waals surface area contributed by atoms with Crippen molar-refractivity contribution in [2.75, 3.05) is 7.11 Å². The molecule has 0 spiro atoms. The second-order valence-electron chi connectivity index (χ2n) is 2.87. The van der Waals surface area contributed by atoms with E-state index in [2.05, 4.69) is 4.74 Å². The Morgan fingerprint density at radius 2 is 1.80 bits per heavy atom. The Labute approximate surface area is 85.9 Å². The van der Waals surface area contributed by atoms with Gasteiger partial charge in [0.05, 0.1) is 7.11 Å². The molecule has 1 aromatic rings. The molecule has 1 rings (SSSR count). The molecule has 5 heteroatoms. The summed E-state index contributed by atoms with van der Waals surface area (Å²) in [6.07, 6.45) is 0. The van der Waals surface area contributed by atoms with Gasteiger partial charge in [-0.25, -0.2) is 9.59 Å². The number of aliphatic hydroxyl groups is 1. The molecule has 1 unspecified atom stereocenters. The number of benzene rings is 1. The molecular formula is C10H10O5. The molecule has 5 nitrogen and oxygen atoms in total. The van der Waals surface area contributed by atoms with Gasteiger partial charge in [0.15, 0.2) is 0 Å². The summed E-state index contributed by atoms with van der Waals surface area (Å²) in [6, 6.07) is 7.36. The van der Waals surface area contributed by atoms with Crippen molar-refractivity contribution in [2.45, 2.75) is 5.60 Å². The van der Waals surface area contributed by atoms with Crippen LogP contribution in [-0.2, 0) is 19.9 Å². The topological polar surface area (TPSA) is 83.8 Å². The first-order chi connectivity index (χ1) is 7.03. The molecule has 0 saturated heterocycles. The van der Waals surface area contributed by atoms with E-state index in [1.807, 2.05) is 0 Å². The van der Waals surface area contributed by atoms with Crippen LogP contribution >= 0.6 is 0 Å². The van der Waals surface area contributed by atoms with Crippen LogP contribution in [0.4, 0.5) is 0 Å². The highest BCUT2D eigenvalue weighted by Gasteiger charge is 2.47. The molecule has 2 N–H and O–H groups in total. The molecule has 15 heavy (non-hydrogen) atoms. The van der Waals surface area contributed by atoms with Gasteiger partial charge in [0.2, 0.25) is 0 Å². The van der Waals surface area contributed by atoms with Crippen molar-refractivity contribution in [3.05, 3.63) is 35.9 Å². The highest BCUT2D eigenvalue weighted by molar-refractivity contribution is 6.03. The predicted octanol–water partition coefficient (Wildman–Crippen LogP) is 0.132. The second-order valence-corrected chi connectivity index (χ2v) is 2.87. The zero-order valence-corrected chi connectivity index (χ0v) is 8.01. The normalized spacial score (nSPS) is 14.0. The van der Waals surface area contributed by atoms with Crippen molar-refractivity contribution in [3.63, 3.8) is 0 Å². The van der Waals surface area contributed by atoms with Crippen LogP contribution in [0, 0.1) is 0 Å². The van der Waals surface area contributed by atoms with E-state index in [0.29, 0.717) is 0 Å². The van der Waals surface area contributed by atoms with Crippen LogP contribution in [0.1, 0.15) is 5.56 Å². The Bertz CT molecular complexity index is 373. The first-order valence-corrected chi connectivity index (χ1v) is 4.13. The number of carboxylic acids is 1. The maximum atomic E-state index is 11.2. The number of rotatable bonds is 3. The van der Waals surface area contributed by atoms with E-state index in [1.54, 1.807) is 6.07 Å². The molecule has 0 aliphatic rings. The fraction of sp³-hybridized carbons (Fsp3) is 0.200. The van der Waals surface area contributed by atoms with Crippen LogP contribution in [0.15, 0.2) is 30.3 Å². The third-order valence-corrected chi connectivity index (χ3v) is 1.98. The van der Waals surface area contributed by atoms with Crippen LogP contribution < -0.4 is 0 Å². The Kier molecular flexibility index (Phi) is 3.06. The molecule has 0 amide bonds. The predicted molar refractivity (Wildman–Crippen MR) is 50.0 cm³/mol. The Balaban J connectivity index is 3.25. The van der Waals surface area contributed by atoms with Gasteiger partial charge in [-0.1, -0.05) is 30.3 Å². The average Bonchev–Trinajstić information content (AvgIpc) is 2.27. The van der Waals surface area contributed by atoms with Crippen LogP contribution in [0.3, 0.4) is 0 Å². The van der Waals surface area contributed by atoms with E-state index in [1.165, 1.54) is 24.3 Å². The lowest BCUT2D eigenvalue weighted by Gasteiger charge is -2.20. The summed E-state index contributed by atoms with van der Waals surface area (Å²) in [5.74, 6) is -2.89. The molecule has 0 heterocycles. The van der Waals surface area contributed by atoms with Crippen molar-refractivity contribution in [3.8, 4) is 0 Å². The van der Waals surface area contributed by atoms with Gasteiger partial charge >= 0.3 is 11.9 Å². The molecule has 0 bridgehead atoms. The minimum Gasteiger partial charge on any atom is -0.478 e. The lowest BCUT2D eigenvalue weighted by Crippen LogP contribution is -2.44. The van der Waals surface area contributed by atoms with Crippen molar-refractivity contribution in [1.29, 1.82) is 0 Å². The van der Waals surface area contributed by atoms with Gasteiger partial charge in [-0.2, -0.15) is 0 Å². The molecule has 0 fully saturated rings. The number of aliphatic carboxylic acids is 1. The van der Waals surface area contributed by atoms with Crippen LogP contribution in [0.2, 0.25) is 0 Å². The highest BCUT2D eigenvalue weighted by Crippen LogP contribution is 2.22. The smallest absolute Gasteiger partial charge is 0.354 e. The molecule has 0 aliphatic carbocycles. The number of hydrogen-bond acceptors (Lipinski definition) is 4. The quantitative estimate of drug-likeness (QED) is 0.547. The monoisotopic (exact) mass is 210 g/mol. The van der Waals surface area contributed by atoms with Gasteiger partial charge in [0.25, 0.3) is 5.60 Å². The van der Waals surface area contributed by atoms with Gasteiger partial charge in [-0.15, -0.1) is 0 Å². The number of hydrogen-bond donors (Lipinski definition) is 2. The summed E-state index contributed by atoms with van der Waals surface area (Å²) in [4.78, 5) is 22.1. The maximum absolute atomic E-state index is 11.2. The van der Waals surface area contributed by atoms with E-state index in [-0.39, 0.29) is 5.56 Å². The van der Waals surface area contributed by atoms with Gasteiger partial charge in [-0.05, 0) is 0 Å². The largest absolute Gasteiger partial charge is 0.478 e. The number of ether oxygens (including phenoxy) is 1. The molecule has 1 aromatic carbocycles. The van der Waals surface area contributed by atoms with Gasteiger partial charge in [0, 0.05) is 5.56 Å². The Morgan fingerprint density at radius 3 is 2.20 bits per heavy atom. The van der Waals surface area contributed by atoms with Crippen LogP contribution in [0.5, 0.6) is 0 Å². The van der Waals surface area contributed by atoms with Crippen molar-refractivity contribution in [2.24, 2.45) is 0 Å². The summed E-state index contributed by atoms with van der Waals surface area (Å²) in [7, 11) is 1.01. The van der Waals surface area contributed by atoms with E-state index in [9.17, 15) is 14.7 Å². The third kappa shape index (κ3) is 1.82. The Hall–Kier alpha value is -1.88. The number of esters is 1. The van der Waals surface area contributed by atoms with E-state index in [4.69, 9.17) is 5.11 Å². The minimum atomic E-state index is -2.64. The zero-order chi connectivity index (χ0) is 11.5. The van der Waals surface area contributed by atoms with Crippen molar-refractivity contribution < 1.29 is 24.5 Å². The highest BCUT2D eigenvalue weighted by atomic mass is 16.5. The number of methoxy groups -OCH3 is 1. The summed E-state index contributed by atoms with van der Waals surface area (Å²) in [6.45, 7) is 0. The van der Waals surface area contributed by atoms with Crippen LogP contribution in [0.25, 0.3) is 0 Å². The summed E-state index contributed by atoms with van der Waals surface area (Å²) in [5, 5.41) is 18.6. The third-order valence-electron chi connectivity index (χ3n) is 1.98. The van der Waals surface area contributed by atoms with Gasteiger partial charge in [0.1, 0.15) is 0 Å². The SMILES string of the molecule is COC(=O)C(O)(C(=O)O)c1ccccc1. The molecule has 1 atom stereocenters. The van der Waals surface area contributed by atoms with E-state index >= 15 is 0 Å². The molecule has 80 valence electrons.